The molecule has 1 aliphatic heterocycles. The molecule has 3 rings (SSSR count). The molecule has 0 amide bonds. The predicted octanol–water partition coefficient (Wildman–Crippen LogP) is 4.44. The largest absolute Gasteiger partial charge is 0.298 e. The van der Waals surface area contributed by atoms with Crippen LogP contribution in [0.5, 0.6) is 0 Å². The summed E-state index contributed by atoms with van der Waals surface area (Å²) < 4.78 is 1.22. The van der Waals surface area contributed by atoms with Crippen LogP contribution in [0.4, 0.5) is 0 Å². The van der Waals surface area contributed by atoms with Crippen molar-refractivity contribution in [3.63, 3.8) is 0 Å². The molecule has 98 valence electrons. The summed E-state index contributed by atoms with van der Waals surface area (Å²) in [6.07, 6.45) is 1.27. The van der Waals surface area contributed by atoms with E-state index in [2.05, 4.69) is 75.4 Å². The van der Waals surface area contributed by atoms with E-state index in [4.69, 9.17) is 0 Å². The van der Waals surface area contributed by atoms with Gasteiger partial charge in [0.25, 0.3) is 0 Å². The van der Waals surface area contributed by atoms with Gasteiger partial charge in [-0.05, 0) is 36.1 Å². The lowest BCUT2D eigenvalue weighted by Crippen LogP contribution is -2.19. The second-order valence-corrected chi connectivity index (χ2v) is 6.08. The van der Waals surface area contributed by atoms with Gasteiger partial charge in [-0.1, -0.05) is 64.5 Å². The summed E-state index contributed by atoms with van der Waals surface area (Å²) in [5.41, 5.74) is 2.87. The molecule has 1 aliphatic rings. The number of nitrogens with zero attached hydrogens (tertiary/aromatic N) is 1. The SMILES string of the molecule is Brc1ccccc1CN1CCC(c2ccccc2)C1. The van der Waals surface area contributed by atoms with Gasteiger partial charge in [-0.15, -0.1) is 0 Å². The van der Waals surface area contributed by atoms with Crippen molar-refractivity contribution in [3.8, 4) is 0 Å². The Morgan fingerprint density at radius 2 is 1.74 bits per heavy atom. The highest BCUT2D eigenvalue weighted by atomic mass is 79.9. The third-order valence-corrected chi connectivity index (χ3v) is 4.67. The third kappa shape index (κ3) is 3.07. The first-order chi connectivity index (χ1) is 9.33. The summed E-state index contributed by atoms with van der Waals surface area (Å²) in [6.45, 7) is 3.41. The zero-order valence-electron chi connectivity index (χ0n) is 10.9. The molecule has 1 unspecified atom stereocenters. The molecule has 2 aromatic rings. The Balaban J connectivity index is 1.65. The van der Waals surface area contributed by atoms with Gasteiger partial charge in [0.1, 0.15) is 0 Å². The van der Waals surface area contributed by atoms with Crippen molar-refractivity contribution in [2.75, 3.05) is 13.1 Å². The van der Waals surface area contributed by atoms with E-state index in [0.717, 1.165) is 6.54 Å². The quantitative estimate of drug-likeness (QED) is 0.809. The van der Waals surface area contributed by atoms with Gasteiger partial charge in [-0.2, -0.15) is 0 Å². The standard InChI is InChI=1S/C17H18BrN/c18-17-9-5-4-8-16(17)13-19-11-10-15(12-19)14-6-2-1-3-7-14/h1-9,15H,10-13H2. The van der Waals surface area contributed by atoms with Crippen LogP contribution in [0, 0.1) is 0 Å². The highest BCUT2D eigenvalue weighted by Gasteiger charge is 2.23. The molecule has 1 fully saturated rings. The van der Waals surface area contributed by atoms with Crippen molar-refractivity contribution < 1.29 is 0 Å². The van der Waals surface area contributed by atoms with Crippen molar-refractivity contribution in [2.45, 2.75) is 18.9 Å². The highest BCUT2D eigenvalue weighted by Crippen LogP contribution is 2.29. The molecule has 1 saturated heterocycles. The maximum absolute atomic E-state index is 3.64. The fourth-order valence-corrected chi connectivity index (χ4v) is 3.25. The van der Waals surface area contributed by atoms with Crippen molar-refractivity contribution in [1.29, 1.82) is 0 Å². The van der Waals surface area contributed by atoms with Crippen LogP contribution < -0.4 is 0 Å². The lowest BCUT2D eigenvalue weighted by atomic mass is 9.99. The van der Waals surface area contributed by atoms with Crippen LogP contribution in [0.2, 0.25) is 0 Å². The molecule has 1 nitrogen and oxygen atoms in total. The molecule has 0 N–H and O–H groups in total. The first-order valence-electron chi connectivity index (χ1n) is 6.83. The minimum absolute atomic E-state index is 0.698. The number of halogens is 1. The Bertz CT molecular complexity index is 538. The third-order valence-electron chi connectivity index (χ3n) is 3.90. The fourth-order valence-electron chi connectivity index (χ4n) is 2.84. The lowest BCUT2D eigenvalue weighted by molar-refractivity contribution is 0.326. The van der Waals surface area contributed by atoms with Gasteiger partial charge in [-0.25, -0.2) is 0 Å². The van der Waals surface area contributed by atoms with Gasteiger partial charge in [0.2, 0.25) is 0 Å². The van der Waals surface area contributed by atoms with Crippen molar-refractivity contribution >= 4 is 15.9 Å². The topological polar surface area (TPSA) is 3.24 Å². The minimum atomic E-state index is 0.698. The molecular formula is C17H18BrN. The molecule has 0 spiro atoms. The number of hydrogen-bond acceptors (Lipinski definition) is 1. The average Bonchev–Trinajstić information content (AvgIpc) is 2.91. The fraction of sp³-hybridized carbons (Fsp3) is 0.294. The van der Waals surface area contributed by atoms with Crippen LogP contribution in [0.25, 0.3) is 0 Å². The molecule has 1 atom stereocenters. The summed E-state index contributed by atoms with van der Waals surface area (Å²) in [5.74, 6) is 0.698. The molecule has 1 heterocycles. The summed E-state index contributed by atoms with van der Waals surface area (Å²) in [5, 5.41) is 0. The Morgan fingerprint density at radius 3 is 2.53 bits per heavy atom. The second kappa shape index (κ2) is 5.89. The van der Waals surface area contributed by atoms with Gasteiger partial charge >= 0.3 is 0 Å². The first-order valence-corrected chi connectivity index (χ1v) is 7.63. The minimum Gasteiger partial charge on any atom is -0.298 e. The number of benzene rings is 2. The molecule has 0 aromatic heterocycles. The highest BCUT2D eigenvalue weighted by molar-refractivity contribution is 9.10. The maximum atomic E-state index is 3.64. The van der Waals surface area contributed by atoms with Crippen LogP contribution in [0.1, 0.15) is 23.5 Å². The van der Waals surface area contributed by atoms with Crippen molar-refractivity contribution in [2.24, 2.45) is 0 Å². The molecule has 0 bridgehead atoms. The number of likely N-dealkylation sites (tertiary alicyclic amines) is 1. The van der Waals surface area contributed by atoms with E-state index in [0.29, 0.717) is 5.92 Å². The maximum Gasteiger partial charge on any atom is 0.0245 e. The Morgan fingerprint density at radius 1 is 1.00 bits per heavy atom. The van der Waals surface area contributed by atoms with Crippen molar-refractivity contribution in [3.05, 3.63) is 70.2 Å². The predicted molar refractivity (Wildman–Crippen MR) is 83.2 cm³/mol. The molecule has 0 saturated carbocycles. The molecule has 0 aliphatic carbocycles. The van der Waals surface area contributed by atoms with Crippen LogP contribution in [0.3, 0.4) is 0 Å². The normalized spacial score (nSPS) is 19.7. The van der Waals surface area contributed by atoms with E-state index < -0.39 is 0 Å². The molecule has 2 heteroatoms. The molecule has 19 heavy (non-hydrogen) atoms. The average molecular weight is 316 g/mol. The molecular weight excluding hydrogens is 298 g/mol. The van der Waals surface area contributed by atoms with E-state index in [1.54, 1.807) is 0 Å². The zero-order chi connectivity index (χ0) is 13.1. The summed E-state index contributed by atoms with van der Waals surface area (Å²) >= 11 is 3.64. The monoisotopic (exact) mass is 315 g/mol. The second-order valence-electron chi connectivity index (χ2n) is 5.22. The number of hydrogen-bond donors (Lipinski definition) is 0. The molecule has 0 radical (unpaired) electrons. The van der Waals surface area contributed by atoms with E-state index in [1.807, 2.05) is 0 Å². The Labute approximate surface area is 123 Å². The van der Waals surface area contributed by atoms with Gasteiger partial charge < -0.3 is 0 Å². The zero-order valence-corrected chi connectivity index (χ0v) is 12.5. The van der Waals surface area contributed by atoms with Gasteiger partial charge in [0.05, 0.1) is 0 Å². The lowest BCUT2D eigenvalue weighted by Gasteiger charge is -2.17. The van der Waals surface area contributed by atoms with Crippen molar-refractivity contribution in [1.82, 2.24) is 4.90 Å². The Hall–Kier alpha value is -1.12. The van der Waals surface area contributed by atoms with E-state index in [9.17, 15) is 0 Å². The first kappa shape index (κ1) is 12.9. The van der Waals surface area contributed by atoms with E-state index in [1.165, 1.54) is 35.1 Å². The van der Waals surface area contributed by atoms with Gasteiger partial charge in [-0.3, -0.25) is 4.90 Å². The van der Waals surface area contributed by atoms with E-state index in [-0.39, 0.29) is 0 Å². The van der Waals surface area contributed by atoms with Crippen LogP contribution >= 0.6 is 15.9 Å². The van der Waals surface area contributed by atoms with E-state index >= 15 is 0 Å². The van der Waals surface area contributed by atoms with Gasteiger partial charge in [0, 0.05) is 17.6 Å². The summed E-state index contributed by atoms with van der Waals surface area (Å²) in [7, 11) is 0. The van der Waals surface area contributed by atoms with Crippen LogP contribution in [-0.4, -0.2) is 18.0 Å². The smallest absolute Gasteiger partial charge is 0.0245 e. The van der Waals surface area contributed by atoms with Crippen LogP contribution in [0.15, 0.2) is 59.1 Å². The summed E-state index contributed by atoms with van der Waals surface area (Å²) in [6, 6.07) is 19.4. The summed E-state index contributed by atoms with van der Waals surface area (Å²) in [4.78, 5) is 2.55. The number of rotatable bonds is 3. The van der Waals surface area contributed by atoms with Gasteiger partial charge in [0.15, 0.2) is 0 Å². The van der Waals surface area contributed by atoms with Crippen LogP contribution in [-0.2, 0) is 6.54 Å². The Kier molecular flexibility index (Phi) is 4.00. The molecule has 2 aromatic carbocycles.